The molecule has 2 saturated carbocycles. The summed E-state index contributed by atoms with van der Waals surface area (Å²) in [6, 6.07) is 0. The Morgan fingerprint density at radius 1 is 1.17 bits per heavy atom. The van der Waals surface area contributed by atoms with Gasteiger partial charge in [0.1, 0.15) is 17.4 Å². The highest BCUT2D eigenvalue weighted by molar-refractivity contribution is 5.85. The van der Waals surface area contributed by atoms with Crippen LogP contribution in [0.4, 0.5) is 0 Å². The van der Waals surface area contributed by atoms with Crippen molar-refractivity contribution in [3.63, 3.8) is 0 Å². The lowest BCUT2D eigenvalue weighted by Crippen LogP contribution is -2.26. The quantitative estimate of drug-likeness (QED) is 0.364. The van der Waals surface area contributed by atoms with Crippen molar-refractivity contribution >= 4 is 24.2 Å². The zero-order valence-corrected chi connectivity index (χ0v) is 23.0. The lowest BCUT2D eigenvalue weighted by Gasteiger charge is -2.38. The summed E-state index contributed by atoms with van der Waals surface area (Å²) in [5.41, 5.74) is 3.96. The van der Waals surface area contributed by atoms with Crippen LogP contribution in [0, 0.1) is 25.2 Å². The molecule has 0 unspecified atom stereocenters. The molecule has 2 aromatic heterocycles. The number of carboxylic acid groups (broad SMARTS) is 1. The number of aromatic nitrogens is 3. The van der Waals surface area contributed by atoms with Gasteiger partial charge in [-0.05, 0) is 75.2 Å². The second-order valence-corrected chi connectivity index (χ2v) is 12.0. The molecule has 2 fully saturated rings. The summed E-state index contributed by atoms with van der Waals surface area (Å²) in [7, 11) is 0. The van der Waals surface area contributed by atoms with Gasteiger partial charge < -0.3 is 9.63 Å². The van der Waals surface area contributed by atoms with Gasteiger partial charge in [-0.15, -0.1) is 12.4 Å². The van der Waals surface area contributed by atoms with Gasteiger partial charge in [-0.3, -0.25) is 9.59 Å². The second-order valence-electron chi connectivity index (χ2n) is 12.0. The minimum absolute atomic E-state index is 0. The first-order chi connectivity index (χ1) is 16.5. The van der Waals surface area contributed by atoms with E-state index in [-0.39, 0.29) is 43.4 Å². The Bertz CT molecular complexity index is 1080. The third kappa shape index (κ3) is 7.15. The van der Waals surface area contributed by atoms with Crippen LogP contribution < -0.4 is 0 Å². The van der Waals surface area contributed by atoms with E-state index in [9.17, 15) is 14.7 Å². The number of nitrogens with zero attached hydrogens (tertiary/aromatic N) is 3. The van der Waals surface area contributed by atoms with Crippen molar-refractivity contribution in [2.75, 3.05) is 0 Å². The fraction of sp³-hybridized carbons (Fsp3) is 0.679. The van der Waals surface area contributed by atoms with E-state index >= 15 is 0 Å². The molecule has 0 amide bonds. The first-order valence-electron chi connectivity index (χ1n) is 13.0. The van der Waals surface area contributed by atoms with E-state index in [4.69, 9.17) is 4.52 Å². The standard InChI is InChI=1S/C28H39N3O4.ClH/c1-16-22(15-29-17(2)30-16)13-23(32)12-20(8-9-24(33)34)26-25(19-6-7-19)27(35-31-26)21-10-18(11-21)14-28(3,4)5;/h15,18-21H,6-14H2,1-5H3,(H,33,34);1H/t18?,20-,21?;/m0./s1. The zero-order chi connectivity index (χ0) is 25.3. The third-order valence-corrected chi connectivity index (χ3v) is 7.43. The van der Waals surface area contributed by atoms with Crippen molar-refractivity contribution in [1.82, 2.24) is 15.1 Å². The molecule has 2 heterocycles. The number of halogens is 1. The van der Waals surface area contributed by atoms with Crippen molar-refractivity contribution in [3.8, 4) is 0 Å². The van der Waals surface area contributed by atoms with Gasteiger partial charge >= 0.3 is 5.97 Å². The molecule has 0 spiro atoms. The average molecular weight is 518 g/mol. The van der Waals surface area contributed by atoms with Gasteiger partial charge in [-0.2, -0.15) is 0 Å². The summed E-state index contributed by atoms with van der Waals surface area (Å²) < 4.78 is 5.97. The first-order valence-corrected chi connectivity index (χ1v) is 13.0. The van der Waals surface area contributed by atoms with E-state index in [0.717, 1.165) is 48.4 Å². The highest BCUT2D eigenvalue weighted by Gasteiger charge is 2.42. The molecular weight excluding hydrogens is 478 g/mol. The van der Waals surface area contributed by atoms with E-state index < -0.39 is 5.97 Å². The van der Waals surface area contributed by atoms with Crippen LogP contribution in [0.3, 0.4) is 0 Å². The molecule has 0 saturated heterocycles. The zero-order valence-electron chi connectivity index (χ0n) is 22.2. The number of hydrogen-bond donors (Lipinski definition) is 1. The number of carboxylic acids is 1. The van der Waals surface area contributed by atoms with Crippen molar-refractivity contribution in [2.24, 2.45) is 11.3 Å². The van der Waals surface area contributed by atoms with E-state index in [2.05, 4.69) is 35.9 Å². The molecule has 1 atom stereocenters. The molecule has 0 aromatic carbocycles. The number of aryl methyl sites for hydroxylation is 2. The van der Waals surface area contributed by atoms with Crippen molar-refractivity contribution < 1.29 is 19.2 Å². The maximum Gasteiger partial charge on any atom is 0.303 e. The Kier molecular flexibility index (Phi) is 8.97. The summed E-state index contributed by atoms with van der Waals surface area (Å²) in [6.07, 6.45) is 8.28. The van der Waals surface area contributed by atoms with E-state index in [1.54, 1.807) is 6.20 Å². The smallest absolute Gasteiger partial charge is 0.303 e. The summed E-state index contributed by atoms with van der Waals surface area (Å²) in [5, 5.41) is 13.9. The monoisotopic (exact) mass is 517 g/mol. The predicted octanol–water partition coefficient (Wildman–Crippen LogP) is 6.46. The highest BCUT2D eigenvalue weighted by Crippen LogP contribution is 2.53. The van der Waals surface area contributed by atoms with Gasteiger partial charge in [0, 0.05) is 48.6 Å². The number of carbonyl (C=O) groups is 2. The van der Waals surface area contributed by atoms with Crippen LogP contribution in [-0.2, 0) is 16.0 Å². The minimum Gasteiger partial charge on any atom is -0.481 e. The third-order valence-electron chi connectivity index (χ3n) is 7.43. The Morgan fingerprint density at radius 3 is 2.44 bits per heavy atom. The molecule has 0 aliphatic heterocycles. The van der Waals surface area contributed by atoms with Gasteiger partial charge in [0.15, 0.2) is 0 Å². The molecule has 198 valence electrons. The normalized spacial score (nSPS) is 20.4. The van der Waals surface area contributed by atoms with Crippen LogP contribution in [-0.4, -0.2) is 32.0 Å². The van der Waals surface area contributed by atoms with Crippen LogP contribution in [0.1, 0.15) is 124 Å². The Morgan fingerprint density at radius 2 is 1.86 bits per heavy atom. The number of hydrogen-bond acceptors (Lipinski definition) is 6. The van der Waals surface area contributed by atoms with E-state index in [1.165, 1.54) is 12.0 Å². The fourth-order valence-corrected chi connectivity index (χ4v) is 5.65. The highest BCUT2D eigenvalue weighted by atomic mass is 35.5. The molecule has 0 bridgehead atoms. The van der Waals surface area contributed by atoms with E-state index in [0.29, 0.717) is 35.4 Å². The molecule has 8 heteroatoms. The largest absolute Gasteiger partial charge is 0.481 e. The first kappa shape index (κ1) is 28.3. The van der Waals surface area contributed by atoms with Crippen LogP contribution >= 0.6 is 12.4 Å². The number of Topliss-reactive ketones (excluding diaryl/α,β-unsaturated/α-hetero) is 1. The van der Waals surface area contributed by atoms with Crippen LogP contribution in [0.2, 0.25) is 0 Å². The molecule has 36 heavy (non-hydrogen) atoms. The lowest BCUT2D eigenvalue weighted by molar-refractivity contribution is -0.137. The number of ketones is 1. The van der Waals surface area contributed by atoms with Gasteiger partial charge in [-0.25, -0.2) is 9.97 Å². The fourth-order valence-electron chi connectivity index (χ4n) is 5.65. The van der Waals surface area contributed by atoms with Gasteiger partial charge in [0.2, 0.25) is 0 Å². The molecule has 2 aromatic rings. The maximum absolute atomic E-state index is 13.1. The van der Waals surface area contributed by atoms with Crippen molar-refractivity contribution in [1.29, 1.82) is 0 Å². The maximum atomic E-state index is 13.1. The second kappa shape index (κ2) is 11.4. The Hall–Kier alpha value is -2.28. The molecule has 2 aliphatic rings. The molecule has 7 nitrogen and oxygen atoms in total. The van der Waals surface area contributed by atoms with Crippen LogP contribution in [0.5, 0.6) is 0 Å². The summed E-state index contributed by atoms with van der Waals surface area (Å²) in [5.74, 6) is 2.17. The summed E-state index contributed by atoms with van der Waals surface area (Å²) in [4.78, 5) is 33.1. The van der Waals surface area contributed by atoms with Gasteiger partial charge in [0.25, 0.3) is 0 Å². The predicted molar refractivity (Wildman–Crippen MR) is 140 cm³/mol. The lowest BCUT2D eigenvalue weighted by atomic mass is 9.66. The molecule has 0 radical (unpaired) electrons. The topological polar surface area (TPSA) is 106 Å². The van der Waals surface area contributed by atoms with Gasteiger partial charge in [0.05, 0.1) is 5.69 Å². The number of rotatable bonds is 11. The van der Waals surface area contributed by atoms with Crippen LogP contribution in [0.25, 0.3) is 0 Å². The summed E-state index contributed by atoms with van der Waals surface area (Å²) >= 11 is 0. The SMILES string of the molecule is Cc1ncc(CC(=O)C[C@H](CCC(=O)O)c2noc(C3CC(CC(C)(C)C)C3)c2C2CC2)c(C)n1.Cl. The van der Waals surface area contributed by atoms with Crippen LogP contribution in [0.15, 0.2) is 10.7 Å². The molecule has 4 rings (SSSR count). The van der Waals surface area contributed by atoms with Gasteiger partial charge in [-0.1, -0.05) is 25.9 Å². The Balaban J connectivity index is 0.00000361. The number of carbonyl (C=O) groups excluding carboxylic acids is 1. The molecule has 1 N–H and O–H groups in total. The van der Waals surface area contributed by atoms with Crippen molar-refractivity contribution in [3.05, 3.63) is 40.3 Å². The number of aliphatic carboxylic acids is 1. The Labute approximate surface area is 220 Å². The molecule has 2 aliphatic carbocycles. The molecular formula is C28H40ClN3O4. The van der Waals surface area contributed by atoms with Crippen molar-refractivity contribution in [2.45, 2.75) is 110 Å². The average Bonchev–Trinajstić information content (AvgIpc) is 3.47. The summed E-state index contributed by atoms with van der Waals surface area (Å²) in [6.45, 7) is 10.6. The van der Waals surface area contributed by atoms with E-state index in [1.807, 2.05) is 13.8 Å². The minimum atomic E-state index is -0.856.